The molecule has 1 aliphatic rings. The summed E-state index contributed by atoms with van der Waals surface area (Å²) in [6, 6.07) is 8.43. The first-order chi connectivity index (χ1) is 16.6. The number of nitrogens with zero attached hydrogens (tertiary/aromatic N) is 3. The fraction of sp³-hybridized carbons (Fsp3) is 0.385. The maximum Gasteiger partial charge on any atom is 0.237 e. The molecule has 0 fully saturated rings. The van der Waals surface area contributed by atoms with E-state index in [2.05, 4.69) is 5.32 Å². The van der Waals surface area contributed by atoms with Crippen molar-refractivity contribution in [1.29, 1.82) is 0 Å². The first kappa shape index (κ1) is 24.8. The smallest absolute Gasteiger partial charge is 0.237 e. The third-order valence-corrected chi connectivity index (χ3v) is 6.81. The minimum Gasteiger partial charge on any atom is -0.340 e. The Kier molecular flexibility index (Phi) is 6.64. The number of nitrogens with two attached hydrogens (primary N) is 1. The van der Waals surface area contributed by atoms with E-state index in [1.165, 1.54) is 12.1 Å². The summed E-state index contributed by atoms with van der Waals surface area (Å²) in [7, 11) is 0. The normalized spacial score (nSPS) is 15.6. The van der Waals surface area contributed by atoms with E-state index < -0.39 is 17.2 Å². The van der Waals surface area contributed by atoms with Gasteiger partial charge in [0.25, 0.3) is 0 Å². The Morgan fingerprint density at radius 3 is 2.49 bits per heavy atom. The van der Waals surface area contributed by atoms with Crippen molar-refractivity contribution in [3.05, 3.63) is 65.2 Å². The molecule has 0 aliphatic carbocycles. The van der Waals surface area contributed by atoms with Gasteiger partial charge in [0.1, 0.15) is 23.2 Å². The van der Waals surface area contributed by atoms with Crippen LogP contribution in [0.5, 0.6) is 0 Å². The molecule has 2 aromatic carbocycles. The highest BCUT2D eigenvalue weighted by atomic mass is 19.2. The number of nitrogens with one attached hydrogen (secondary N) is 1. The predicted octanol–water partition coefficient (Wildman–Crippen LogP) is 5.26. The molecule has 1 aliphatic heterocycles. The van der Waals surface area contributed by atoms with Gasteiger partial charge in [0.15, 0.2) is 11.6 Å². The number of carbonyl (C=O) groups excluding carboxylic acids is 1. The van der Waals surface area contributed by atoms with E-state index in [-0.39, 0.29) is 24.2 Å². The van der Waals surface area contributed by atoms with E-state index in [1.54, 1.807) is 17.0 Å². The van der Waals surface area contributed by atoms with E-state index in [1.807, 2.05) is 32.3 Å². The fourth-order valence-corrected chi connectivity index (χ4v) is 4.61. The van der Waals surface area contributed by atoms with Gasteiger partial charge < -0.3 is 20.5 Å². The van der Waals surface area contributed by atoms with Gasteiger partial charge in [0.2, 0.25) is 5.91 Å². The molecule has 35 heavy (non-hydrogen) atoms. The van der Waals surface area contributed by atoms with Crippen LogP contribution in [-0.2, 0) is 16.9 Å². The van der Waals surface area contributed by atoms with Crippen molar-refractivity contribution in [2.75, 3.05) is 18.4 Å². The second-order valence-corrected chi connectivity index (χ2v) is 9.39. The number of imidazole rings is 1. The number of hydrogen-bond donors (Lipinski definition) is 2. The van der Waals surface area contributed by atoms with Crippen LogP contribution in [0, 0.1) is 17.5 Å². The number of amides is 1. The van der Waals surface area contributed by atoms with Crippen LogP contribution in [0.2, 0.25) is 0 Å². The van der Waals surface area contributed by atoms with Crippen LogP contribution >= 0.6 is 0 Å². The van der Waals surface area contributed by atoms with Gasteiger partial charge in [-0.2, -0.15) is 0 Å². The molecular formula is C26H30F3N5O. The summed E-state index contributed by atoms with van der Waals surface area (Å²) >= 11 is 0. The van der Waals surface area contributed by atoms with Crippen LogP contribution in [-0.4, -0.2) is 33.4 Å². The zero-order valence-corrected chi connectivity index (χ0v) is 20.3. The number of halogens is 3. The van der Waals surface area contributed by atoms with Crippen LogP contribution in [0.1, 0.15) is 51.4 Å². The molecule has 1 aromatic heterocycles. The average Bonchev–Trinajstić information content (AvgIpc) is 3.20. The first-order valence-electron chi connectivity index (χ1n) is 11.7. The molecule has 0 saturated heterocycles. The lowest BCUT2D eigenvalue weighted by atomic mass is 9.97. The lowest BCUT2D eigenvalue weighted by Gasteiger charge is -2.42. The van der Waals surface area contributed by atoms with Gasteiger partial charge in [0.05, 0.1) is 12.1 Å². The quantitative estimate of drug-likeness (QED) is 0.499. The van der Waals surface area contributed by atoms with Crippen LogP contribution < -0.4 is 11.1 Å². The van der Waals surface area contributed by atoms with E-state index in [0.717, 1.165) is 18.6 Å². The molecule has 1 amide bonds. The zero-order chi connectivity index (χ0) is 25.5. The number of rotatable bonds is 6. The molecule has 2 heterocycles. The molecule has 4 rings (SSSR count). The van der Waals surface area contributed by atoms with Crippen molar-refractivity contribution in [3.63, 3.8) is 0 Å². The topological polar surface area (TPSA) is 76.2 Å². The molecule has 0 radical (unpaired) electrons. The number of benzene rings is 2. The molecule has 6 nitrogen and oxygen atoms in total. The molecule has 1 unspecified atom stereocenters. The standard InChI is InChI=1S/C26H30F3N5O/c1-5-15(2)18-13-17(7-9-19(18)27)31-24-23(16-6-8-20(28)21(29)12-16)32-25-26(3,4)34(22(35)14-30)11-10-33(24)25/h6-9,12-13,15,31H,5,10-11,14,30H2,1-4H3. The van der Waals surface area contributed by atoms with Crippen molar-refractivity contribution < 1.29 is 18.0 Å². The number of fused-ring (bicyclic) bond motifs is 1. The molecule has 0 bridgehead atoms. The fourth-order valence-electron chi connectivity index (χ4n) is 4.61. The monoisotopic (exact) mass is 485 g/mol. The van der Waals surface area contributed by atoms with Crippen molar-refractivity contribution >= 4 is 17.4 Å². The lowest BCUT2D eigenvalue weighted by Crippen LogP contribution is -2.53. The van der Waals surface area contributed by atoms with Gasteiger partial charge in [-0.15, -0.1) is 0 Å². The van der Waals surface area contributed by atoms with Gasteiger partial charge in [-0.1, -0.05) is 13.8 Å². The second-order valence-electron chi connectivity index (χ2n) is 9.39. The number of anilines is 2. The third kappa shape index (κ3) is 4.40. The SMILES string of the molecule is CCC(C)c1cc(Nc2c(-c3ccc(F)c(F)c3)nc3n2CCN(C(=O)CN)C3(C)C)ccc1F. The first-order valence-corrected chi connectivity index (χ1v) is 11.7. The molecule has 186 valence electrons. The number of aromatic nitrogens is 2. The number of hydrogen-bond acceptors (Lipinski definition) is 4. The van der Waals surface area contributed by atoms with Gasteiger partial charge >= 0.3 is 0 Å². The molecule has 0 saturated carbocycles. The summed E-state index contributed by atoms with van der Waals surface area (Å²) in [5, 5.41) is 3.35. The summed E-state index contributed by atoms with van der Waals surface area (Å²) in [4.78, 5) is 19.0. The van der Waals surface area contributed by atoms with E-state index in [4.69, 9.17) is 10.7 Å². The maximum absolute atomic E-state index is 14.5. The average molecular weight is 486 g/mol. The number of carbonyl (C=O) groups is 1. The highest BCUT2D eigenvalue weighted by Crippen LogP contribution is 2.40. The Balaban J connectivity index is 1.87. The van der Waals surface area contributed by atoms with Crippen molar-refractivity contribution in [2.45, 2.75) is 52.1 Å². The predicted molar refractivity (Wildman–Crippen MR) is 130 cm³/mol. The van der Waals surface area contributed by atoms with Crippen LogP contribution in [0.4, 0.5) is 24.7 Å². The Labute approximate surface area is 203 Å². The van der Waals surface area contributed by atoms with Crippen LogP contribution in [0.3, 0.4) is 0 Å². The molecule has 3 aromatic rings. The second kappa shape index (κ2) is 9.37. The molecule has 9 heteroatoms. The van der Waals surface area contributed by atoms with Gasteiger partial charge in [0, 0.05) is 24.3 Å². The van der Waals surface area contributed by atoms with Crippen molar-refractivity contribution in [1.82, 2.24) is 14.5 Å². The highest BCUT2D eigenvalue weighted by Gasteiger charge is 2.41. The molecule has 0 spiro atoms. The summed E-state index contributed by atoms with van der Waals surface area (Å²) in [6.07, 6.45) is 0.780. The summed E-state index contributed by atoms with van der Waals surface area (Å²) in [5.41, 5.74) is 6.85. The Morgan fingerprint density at radius 2 is 1.83 bits per heavy atom. The van der Waals surface area contributed by atoms with Crippen molar-refractivity contribution in [3.8, 4) is 11.3 Å². The Hall–Kier alpha value is -3.33. The van der Waals surface area contributed by atoms with E-state index in [9.17, 15) is 18.0 Å². The van der Waals surface area contributed by atoms with Crippen LogP contribution in [0.15, 0.2) is 36.4 Å². The lowest BCUT2D eigenvalue weighted by molar-refractivity contribution is -0.137. The van der Waals surface area contributed by atoms with E-state index >= 15 is 0 Å². The maximum atomic E-state index is 14.5. The van der Waals surface area contributed by atoms with Gasteiger partial charge in [-0.25, -0.2) is 18.2 Å². The van der Waals surface area contributed by atoms with Gasteiger partial charge in [-0.3, -0.25) is 4.79 Å². The minimum atomic E-state index is -0.987. The minimum absolute atomic E-state index is 0.0246. The summed E-state index contributed by atoms with van der Waals surface area (Å²) in [6.45, 7) is 8.39. The van der Waals surface area contributed by atoms with Crippen molar-refractivity contribution in [2.24, 2.45) is 5.73 Å². The molecule has 1 atom stereocenters. The zero-order valence-electron chi connectivity index (χ0n) is 20.3. The highest BCUT2D eigenvalue weighted by molar-refractivity contribution is 5.80. The summed E-state index contributed by atoms with van der Waals surface area (Å²) < 4.78 is 44.2. The third-order valence-electron chi connectivity index (χ3n) is 6.81. The van der Waals surface area contributed by atoms with Gasteiger partial charge in [-0.05, 0) is 68.1 Å². The molecular weight excluding hydrogens is 455 g/mol. The Bertz CT molecular complexity index is 1270. The largest absolute Gasteiger partial charge is 0.340 e. The van der Waals surface area contributed by atoms with Crippen LogP contribution in [0.25, 0.3) is 11.3 Å². The summed E-state index contributed by atoms with van der Waals surface area (Å²) in [5.74, 6) is -1.26. The Morgan fingerprint density at radius 1 is 1.11 bits per heavy atom. The van der Waals surface area contributed by atoms with E-state index in [0.29, 0.717) is 47.2 Å². The molecule has 3 N–H and O–H groups in total.